The van der Waals surface area contributed by atoms with Crippen LogP contribution in [-0.4, -0.2) is 19.7 Å². The number of hydrogen-bond donors (Lipinski definition) is 2. The zero-order valence-corrected chi connectivity index (χ0v) is 12.9. The summed E-state index contributed by atoms with van der Waals surface area (Å²) in [4.78, 5) is 11.8. The molecule has 0 spiro atoms. The first-order valence-electron chi connectivity index (χ1n) is 7.10. The predicted octanol–water partition coefficient (Wildman–Crippen LogP) is 3.78. The van der Waals surface area contributed by atoms with E-state index in [1.54, 1.807) is 0 Å². The average Bonchev–Trinajstić information content (AvgIpc) is 2.53. The van der Waals surface area contributed by atoms with Gasteiger partial charge in [0.1, 0.15) is 17.3 Å². The molecule has 6 heteroatoms. The number of ether oxygens (including phenoxy) is 1. The fourth-order valence-electron chi connectivity index (χ4n) is 2.23. The Morgan fingerprint density at radius 2 is 1.78 bits per heavy atom. The van der Waals surface area contributed by atoms with Crippen LogP contribution in [0.25, 0.3) is 0 Å². The molecule has 2 aromatic rings. The molecule has 0 heterocycles. The number of nitrogens with one attached hydrogen (secondary N) is 2. The van der Waals surface area contributed by atoms with Crippen LogP contribution in [0.15, 0.2) is 42.5 Å². The molecule has 0 saturated carbocycles. The lowest BCUT2D eigenvalue weighted by molar-refractivity contribution is 0.104. The van der Waals surface area contributed by atoms with Gasteiger partial charge >= 0.3 is 6.03 Å². The maximum atomic E-state index is 13.5. The first kappa shape index (κ1) is 16.9. The van der Waals surface area contributed by atoms with E-state index >= 15 is 0 Å². The number of hydrogen-bond acceptors (Lipinski definition) is 2. The molecular weight excluding hydrogens is 302 g/mol. The number of amides is 2. The molecule has 23 heavy (non-hydrogen) atoms. The largest absolute Gasteiger partial charge is 0.375 e. The second-order valence-corrected chi connectivity index (χ2v) is 5.01. The van der Waals surface area contributed by atoms with Crippen molar-refractivity contribution in [3.63, 3.8) is 0 Å². The molecular formula is C17H18F2N2O2. The highest BCUT2D eigenvalue weighted by atomic mass is 19.1. The van der Waals surface area contributed by atoms with E-state index in [2.05, 4.69) is 10.6 Å². The van der Waals surface area contributed by atoms with Gasteiger partial charge in [-0.3, -0.25) is 0 Å². The van der Waals surface area contributed by atoms with Crippen LogP contribution in [0.2, 0.25) is 0 Å². The van der Waals surface area contributed by atoms with Crippen molar-refractivity contribution in [2.45, 2.75) is 13.0 Å². The standard InChI is InChI=1S/C17H18F2N2O2/c1-11-6-3-4-7-12(11)15(23-2)10-20-17(22)21-16-13(18)8-5-9-14(16)19/h3-9,15H,10H2,1-2H3,(H2,20,21,22)/t15-/m0/s1. The van der Waals surface area contributed by atoms with Crippen molar-refractivity contribution in [1.29, 1.82) is 0 Å². The maximum Gasteiger partial charge on any atom is 0.319 e. The van der Waals surface area contributed by atoms with Crippen LogP contribution >= 0.6 is 0 Å². The summed E-state index contributed by atoms with van der Waals surface area (Å²) in [7, 11) is 1.53. The molecule has 0 aliphatic carbocycles. The Morgan fingerprint density at radius 1 is 1.13 bits per heavy atom. The van der Waals surface area contributed by atoms with Crippen molar-refractivity contribution in [2.24, 2.45) is 0 Å². The van der Waals surface area contributed by atoms with Gasteiger partial charge in [-0.2, -0.15) is 0 Å². The zero-order chi connectivity index (χ0) is 16.8. The summed E-state index contributed by atoms with van der Waals surface area (Å²) in [5.74, 6) is -1.66. The van der Waals surface area contributed by atoms with Crippen LogP contribution in [0, 0.1) is 18.6 Å². The number of benzene rings is 2. The van der Waals surface area contributed by atoms with E-state index in [9.17, 15) is 13.6 Å². The number of carbonyl (C=O) groups excluding carboxylic acids is 1. The van der Waals surface area contributed by atoms with E-state index in [0.29, 0.717) is 0 Å². The zero-order valence-electron chi connectivity index (χ0n) is 12.9. The lowest BCUT2D eigenvalue weighted by atomic mass is 10.0. The maximum absolute atomic E-state index is 13.5. The van der Waals surface area contributed by atoms with Crippen molar-refractivity contribution in [3.05, 3.63) is 65.2 Å². The van der Waals surface area contributed by atoms with E-state index < -0.39 is 23.4 Å². The van der Waals surface area contributed by atoms with Crippen molar-refractivity contribution in [3.8, 4) is 0 Å². The van der Waals surface area contributed by atoms with Crippen LogP contribution in [0.3, 0.4) is 0 Å². The second kappa shape index (κ2) is 7.69. The van der Waals surface area contributed by atoms with E-state index in [1.807, 2.05) is 31.2 Å². The number of urea groups is 1. The van der Waals surface area contributed by atoms with E-state index in [1.165, 1.54) is 13.2 Å². The Kier molecular flexibility index (Phi) is 5.65. The van der Waals surface area contributed by atoms with Crippen LogP contribution in [-0.2, 0) is 4.74 Å². The van der Waals surface area contributed by atoms with Crippen LogP contribution in [0.1, 0.15) is 17.2 Å². The van der Waals surface area contributed by atoms with Crippen LogP contribution in [0.4, 0.5) is 19.3 Å². The third kappa shape index (κ3) is 4.26. The fraction of sp³-hybridized carbons (Fsp3) is 0.235. The molecule has 0 saturated heterocycles. The van der Waals surface area contributed by atoms with Gasteiger partial charge in [-0.15, -0.1) is 0 Å². The predicted molar refractivity (Wildman–Crippen MR) is 84.3 cm³/mol. The first-order valence-corrected chi connectivity index (χ1v) is 7.10. The molecule has 0 radical (unpaired) electrons. The molecule has 1 atom stereocenters. The van der Waals surface area contributed by atoms with Crippen molar-refractivity contribution in [1.82, 2.24) is 5.32 Å². The third-order valence-electron chi connectivity index (χ3n) is 3.47. The van der Waals surface area contributed by atoms with Crippen molar-refractivity contribution >= 4 is 11.7 Å². The molecule has 0 aromatic heterocycles. The molecule has 0 unspecified atom stereocenters. The number of anilines is 1. The SMILES string of the molecule is CO[C@@H](CNC(=O)Nc1c(F)cccc1F)c1ccccc1C. The normalized spacial score (nSPS) is 11.8. The van der Waals surface area contributed by atoms with Gasteiger partial charge in [-0.05, 0) is 30.2 Å². The summed E-state index contributed by atoms with van der Waals surface area (Å²) in [6.07, 6.45) is -0.354. The van der Waals surface area contributed by atoms with Gasteiger partial charge in [0, 0.05) is 13.7 Å². The van der Waals surface area contributed by atoms with E-state index in [0.717, 1.165) is 23.3 Å². The lowest BCUT2D eigenvalue weighted by Crippen LogP contribution is -2.33. The number of halogens is 2. The minimum absolute atomic E-state index is 0.170. The van der Waals surface area contributed by atoms with Gasteiger partial charge in [0.2, 0.25) is 0 Å². The molecule has 0 fully saturated rings. The van der Waals surface area contributed by atoms with Gasteiger partial charge < -0.3 is 15.4 Å². The van der Waals surface area contributed by atoms with Crippen molar-refractivity contribution in [2.75, 3.05) is 19.0 Å². The smallest absolute Gasteiger partial charge is 0.319 e. The van der Waals surface area contributed by atoms with Gasteiger partial charge in [0.15, 0.2) is 0 Å². The molecule has 2 aromatic carbocycles. The average molecular weight is 320 g/mol. The third-order valence-corrected chi connectivity index (χ3v) is 3.47. The summed E-state index contributed by atoms with van der Waals surface area (Å²) in [5.41, 5.74) is 1.49. The van der Waals surface area contributed by atoms with Gasteiger partial charge in [0.05, 0.1) is 6.10 Å². The summed E-state index contributed by atoms with van der Waals surface area (Å²) in [6.45, 7) is 2.11. The van der Waals surface area contributed by atoms with Crippen LogP contribution < -0.4 is 10.6 Å². The minimum Gasteiger partial charge on any atom is -0.375 e. The highest BCUT2D eigenvalue weighted by Crippen LogP contribution is 2.20. The first-order chi connectivity index (χ1) is 11.0. The topological polar surface area (TPSA) is 50.4 Å². The molecule has 2 N–H and O–H groups in total. The van der Waals surface area contributed by atoms with E-state index in [4.69, 9.17) is 4.74 Å². The quantitative estimate of drug-likeness (QED) is 0.881. The Hall–Kier alpha value is -2.47. The number of methoxy groups -OCH3 is 1. The molecule has 0 aliphatic heterocycles. The monoisotopic (exact) mass is 320 g/mol. The molecule has 0 bridgehead atoms. The summed E-state index contributed by atoms with van der Waals surface area (Å²) in [6, 6.07) is 10.3. The van der Waals surface area contributed by atoms with Gasteiger partial charge in [0.25, 0.3) is 0 Å². The number of rotatable bonds is 5. The molecule has 0 aliphatic rings. The Balaban J connectivity index is 1.99. The summed E-state index contributed by atoms with van der Waals surface area (Å²) < 4.78 is 32.3. The Labute approximate surface area is 133 Å². The van der Waals surface area contributed by atoms with Crippen molar-refractivity contribution < 1.29 is 18.3 Å². The summed E-state index contributed by atoms with van der Waals surface area (Å²) >= 11 is 0. The highest BCUT2D eigenvalue weighted by Gasteiger charge is 2.16. The van der Waals surface area contributed by atoms with E-state index in [-0.39, 0.29) is 12.6 Å². The Morgan fingerprint density at radius 3 is 2.39 bits per heavy atom. The molecule has 122 valence electrons. The Bertz CT molecular complexity index is 672. The fourth-order valence-corrected chi connectivity index (χ4v) is 2.23. The van der Waals surface area contributed by atoms with Gasteiger partial charge in [-0.25, -0.2) is 13.6 Å². The molecule has 2 amide bonds. The number of aryl methyl sites for hydroxylation is 1. The minimum atomic E-state index is -0.831. The number of carbonyl (C=O) groups is 1. The summed E-state index contributed by atoms with van der Waals surface area (Å²) in [5, 5.41) is 4.72. The van der Waals surface area contributed by atoms with Crippen LogP contribution in [0.5, 0.6) is 0 Å². The molecule has 4 nitrogen and oxygen atoms in total. The molecule has 2 rings (SSSR count). The van der Waals surface area contributed by atoms with Gasteiger partial charge in [-0.1, -0.05) is 30.3 Å². The second-order valence-electron chi connectivity index (χ2n) is 5.01. The number of para-hydroxylation sites is 1. The highest BCUT2D eigenvalue weighted by molar-refractivity contribution is 5.89. The lowest BCUT2D eigenvalue weighted by Gasteiger charge is -2.19.